The predicted octanol–water partition coefficient (Wildman–Crippen LogP) is 6.82. The van der Waals surface area contributed by atoms with E-state index in [1.165, 1.54) is 29.5 Å². The SMILES string of the molecule is Cc1ccc(-c2ccc(C3C(SCCC(O)c4ccc(F)cc4)C(=O)N3c3ccccc3)c(O)c2)cc1. The number of amides is 1. The Hall–Kier alpha value is -3.61. The predicted molar refractivity (Wildman–Crippen MR) is 147 cm³/mol. The van der Waals surface area contributed by atoms with Crippen molar-refractivity contribution in [1.29, 1.82) is 0 Å². The van der Waals surface area contributed by atoms with Gasteiger partial charge in [-0.1, -0.05) is 72.3 Å². The summed E-state index contributed by atoms with van der Waals surface area (Å²) in [5, 5.41) is 21.2. The molecule has 0 aromatic heterocycles. The third-order valence-corrected chi connectivity index (χ3v) is 8.05. The lowest BCUT2D eigenvalue weighted by molar-refractivity contribution is -0.123. The van der Waals surface area contributed by atoms with E-state index in [4.69, 9.17) is 0 Å². The topological polar surface area (TPSA) is 60.8 Å². The summed E-state index contributed by atoms with van der Waals surface area (Å²) in [5.74, 6) is 0.311. The van der Waals surface area contributed by atoms with Crippen LogP contribution >= 0.6 is 11.8 Å². The van der Waals surface area contributed by atoms with Crippen LogP contribution in [0.5, 0.6) is 5.75 Å². The Bertz CT molecular complexity index is 1380. The highest BCUT2D eigenvalue weighted by molar-refractivity contribution is 8.00. The number of anilines is 1. The molecule has 4 aromatic carbocycles. The molecular weight excluding hydrogens is 485 g/mol. The maximum absolute atomic E-state index is 13.3. The average molecular weight is 514 g/mol. The first-order valence-electron chi connectivity index (χ1n) is 12.3. The molecule has 1 saturated heterocycles. The van der Waals surface area contributed by atoms with Gasteiger partial charge in [-0.2, -0.15) is 0 Å². The number of aromatic hydroxyl groups is 1. The molecule has 4 nitrogen and oxygen atoms in total. The van der Waals surface area contributed by atoms with E-state index in [2.05, 4.69) is 0 Å². The number of nitrogens with zero attached hydrogens (tertiary/aromatic N) is 1. The molecule has 1 fully saturated rings. The Kier molecular flexibility index (Phi) is 7.31. The molecule has 0 spiro atoms. The van der Waals surface area contributed by atoms with Gasteiger partial charge in [0.1, 0.15) is 16.8 Å². The molecule has 3 unspecified atom stereocenters. The third kappa shape index (κ3) is 5.26. The van der Waals surface area contributed by atoms with Crippen LogP contribution in [0.4, 0.5) is 10.1 Å². The van der Waals surface area contributed by atoms with Gasteiger partial charge in [0, 0.05) is 11.3 Å². The van der Waals surface area contributed by atoms with Gasteiger partial charge in [0.25, 0.3) is 0 Å². The first-order valence-corrected chi connectivity index (χ1v) is 13.3. The Morgan fingerprint density at radius 2 is 1.59 bits per heavy atom. The molecule has 2 N–H and O–H groups in total. The number of para-hydroxylation sites is 1. The first kappa shape index (κ1) is 25.1. The van der Waals surface area contributed by atoms with E-state index >= 15 is 0 Å². The van der Waals surface area contributed by atoms with E-state index in [1.54, 1.807) is 23.1 Å². The quantitative estimate of drug-likeness (QED) is 0.254. The van der Waals surface area contributed by atoms with Crippen LogP contribution in [-0.4, -0.2) is 27.1 Å². The molecule has 0 aliphatic carbocycles. The summed E-state index contributed by atoms with van der Waals surface area (Å²) < 4.78 is 13.2. The zero-order valence-corrected chi connectivity index (χ0v) is 21.2. The Labute approximate surface area is 220 Å². The van der Waals surface area contributed by atoms with E-state index in [0.717, 1.165) is 16.8 Å². The zero-order chi connectivity index (χ0) is 25.9. The molecule has 0 saturated carbocycles. The van der Waals surface area contributed by atoms with Crippen molar-refractivity contribution < 1.29 is 19.4 Å². The van der Waals surface area contributed by atoms with E-state index in [1.807, 2.05) is 73.7 Å². The Balaban J connectivity index is 1.37. The second kappa shape index (κ2) is 10.8. The number of hydrogen-bond acceptors (Lipinski definition) is 4. The van der Waals surface area contributed by atoms with Crippen LogP contribution in [0.15, 0.2) is 97.1 Å². The number of aliphatic hydroxyl groups excluding tert-OH is 1. The van der Waals surface area contributed by atoms with Gasteiger partial charge in [-0.25, -0.2) is 4.39 Å². The Morgan fingerprint density at radius 3 is 2.27 bits per heavy atom. The molecule has 6 heteroatoms. The lowest BCUT2D eigenvalue weighted by Gasteiger charge is -2.47. The minimum atomic E-state index is -0.742. The standard InChI is InChI=1S/C31H28FNO3S/c1-20-7-9-21(10-8-20)23-13-16-26(28(35)19-23)29-30(31(36)33(29)25-5-3-2-4-6-25)37-18-17-27(34)22-11-14-24(32)15-12-22/h2-16,19,27,29-30,34-35H,17-18H2,1H3. The normalized spacial score (nSPS) is 17.9. The molecule has 1 heterocycles. The second-order valence-corrected chi connectivity index (χ2v) is 10.5. The summed E-state index contributed by atoms with van der Waals surface area (Å²) in [4.78, 5) is 15.0. The van der Waals surface area contributed by atoms with E-state index in [9.17, 15) is 19.4 Å². The number of halogens is 1. The highest BCUT2D eigenvalue weighted by Crippen LogP contribution is 2.48. The minimum absolute atomic E-state index is 0.0283. The van der Waals surface area contributed by atoms with Gasteiger partial charge < -0.3 is 15.1 Å². The van der Waals surface area contributed by atoms with Crippen molar-refractivity contribution in [3.05, 3.63) is 120 Å². The van der Waals surface area contributed by atoms with Crippen molar-refractivity contribution >= 4 is 23.4 Å². The Morgan fingerprint density at radius 1 is 0.919 bits per heavy atom. The molecule has 0 bridgehead atoms. The highest BCUT2D eigenvalue weighted by atomic mass is 32.2. The van der Waals surface area contributed by atoms with E-state index in [-0.39, 0.29) is 23.5 Å². The first-order chi connectivity index (χ1) is 17.9. The minimum Gasteiger partial charge on any atom is -0.508 e. The summed E-state index contributed by atoms with van der Waals surface area (Å²) >= 11 is 1.47. The average Bonchev–Trinajstić information content (AvgIpc) is 2.91. The number of β-lactam (4-membered cyclic amide) rings is 1. The van der Waals surface area contributed by atoms with Gasteiger partial charge in [-0.05, 0) is 66.1 Å². The number of aryl methyl sites for hydroxylation is 1. The molecule has 188 valence electrons. The van der Waals surface area contributed by atoms with Crippen LogP contribution in [0.25, 0.3) is 11.1 Å². The molecule has 37 heavy (non-hydrogen) atoms. The van der Waals surface area contributed by atoms with Crippen LogP contribution in [-0.2, 0) is 4.79 Å². The van der Waals surface area contributed by atoms with Crippen LogP contribution in [0.2, 0.25) is 0 Å². The number of aliphatic hydroxyl groups is 1. The summed E-state index contributed by atoms with van der Waals surface area (Å²) in [6.45, 7) is 2.03. The molecule has 4 aromatic rings. The van der Waals surface area contributed by atoms with Crippen molar-refractivity contribution in [3.8, 4) is 16.9 Å². The lowest BCUT2D eigenvalue weighted by Crippen LogP contribution is -2.57. The third-order valence-electron chi connectivity index (χ3n) is 6.76. The zero-order valence-electron chi connectivity index (χ0n) is 20.4. The molecule has 1 amide bonds. The molecule has 5 rings (SSSR count). The van der Waals surface area contributed by atoms with Crippen LogP contribution in [0.3, 0.4) is 0 Å². The van der Waals surface area contributed by atoms with Gasteiger partial charge >= 0.3 is 0 Å². The maximum Gasteiger partial charge on any atom is 0.243 e. The van der Waals surface area contributed by atoms with Gasteiger partial charge in [0.05, 0.1) is 12.1 Å². The van der Waals surface area contributed by atoms with Crippen LogP contribution < -0.4 is 4.90 Å². The number of phenols is 1. The molecular formula is C31H28FNO3S. The smallest absolute Gasteiger partial charge is 0.243 e. The number of thioether (sulfide) groups is 1. The van der Waals surface area contributed by atoms with Crippen molar-refractivity contribution in [3.63, 3.8) is 0 Å². The maximum atomic E-state index is 13.3. The second-order valence-electron chi connectivity index (χ2n) is 9.28. The van der Waals surface area contributed by atoms with Gasteiger partial charge in [-0.3, -0.25) is 4.79 Å². The van der Waals surface area contributed by atoms with Crippen LogP contribution in [0, 0.1) is 12.7 Å². The monoisotopic (exact) mass is 513 g/mol. The number of benzene rings is 4. The van der Waals surface area contributed by atoms with Crippen molar-refractivity contribution in [2.45, 2.75) is 30.7 Å². The van der Waals surface area contributed by atoms with Crippen molar-refractivity contribution in [1.82, 2.24) is 0 Å². The molecule has 3 atom stereocenters. The number of carbonyl (C=O) groups excluding carboxylic acids is 1. The highest BCUT2D eigenvalue weighted by Gasteiger charge is 2.50. The van der Waals surface area contributed by atoms with E-state index in [0.29, 0.717) is 23.3 Å². The van der Waals surface area contributed by atoms with Gasteiger partial charge in [0.15, 0.2) is 0 Å². The fraction of sp³-hybridized carbons (Fsp3) is 0.194. The molecule has 1 aliphatic rings. The summed E-state index contributed by atoms with van der Waals surface area (Å²) in [6, 6.07) is 28.7. The van der Waals surface area contributed by atoms with Crippen LogP contribution in [0.1, 0.15) is 35.3 Å². The largest absolute Gasteiger partial charge is 0.508 e. The fourth-order valence-electron chi connectivity index (χ4n) is 4.68. The van der Waals surface area contributed by atoms with Gasteiger partial charge in [-0.15, -0.1) is 11.8 Å². The molecule has 1 aliphatic heterocycles. The van der Waals surface area contributed by atoms with Crippen molar-refractivity contribution in [2.24, 2.45) is 0 Å². The fourth-order valence-corrected chi connectivity index (χ4v) is 6.00. The number of rotatable bonds is 8. The van der Waals surface area contributed by atoms with E-state index < -0.39 is 11.4 Å². The van der Waals surface area contributed by atoms with Gasteiger partial charge in [0.2, 0.25) is 5.91 Å². The lowest BCUT2D eigenvalue weighted by atomic mass is 9.90. The summed E-state index contributed by atoms with van der Waals surface area (Å²) in [5.41, 5.74) is 5.20. The molecule has 0 radical (unpaired) electrons. The van der Waals surface area contributed by atoms with Crippen molar-refractivity contribution in [2.75, 3.05) is 10.7 Å². The number of hydrogen-bond donors (Lipinski definition) is 2. The summed E-state index contributed by atoms with van der Waals surface area (Å²) in [6.07, 6.45) is -0.314. The number of carbonyl (C=O) groups is 1. The summed E-state index contributed by atoms with van der Waals surface area (Å²) in [7, 11) is 0. The number of phenolic OH excluding ortho intramolecular Hbond substituents is 1.